The molecule has 12 heavy (non-hydrogen) atoms. The van der Waals surface area contributed by atoms with E-state index < -0.39 is 8.07 Å². The Morgan fingerprint density at radius 3 is 2.58 bits per heavy atom. The van der Waals surface area contributed by atoms with Gasteiger partial charge >= 0.3 is 0 Å². The summed E-state index contributed by atoms with van der Waals surface area (Å²) < 4.78 is 0. The van der Waals surface area contributed by atoms with Crippen molar-refractivity contribution in [2.45, 2.75) is 45.0 Å². The lowest BCUT2D eigenvalue weighted by atomic mass is 10.1. The number of rotatable bonds is 2. The van der Waals surface area contributed by atoms with Crippen molar-refractivity contribution in [2.75, 3.05) is 0 Å². The molecular formula is C9H18O2Si. The maximum Gasteiger partial charge on any atom is 0.110 e. The summed E-state index contributed by atoms with van der Waals surface area (Å²) in [7, 11) is -1.26. The van der Waals surface area contributed by atoms with E-state index in [4.69, 9.17) is 5.26 Å². The van der Waals surface area contributed by atoms with Gasteiger partial charge in [0.25, 0.3) is 0 Å². The van der Waals surface area contributed by atoms with Crippen LogP contribution in [0.5, 0.6) is 0 Å². The van der Waals surface area contributed by atoms with Crippen molar-refractivity contribution in [3.05, 3.63) is 11.3 Å². The summed E-state index contributed by atoms with van der Waals surface area (Å²) in [4.78, 5) is 4.50. The summed E-state index contributed by atoms with van der Waals surface area (Å²) in [6, 6.07) is 0. The number of hydrogen-bond donors (Lipinski definition) is 1. The molecule has 1 aliphatic carbocycles. The Labute approximate surface area is 75.2 Å². The van der Waals surface area contributed by atoms with Gasteiger partial charge in [-0.25, -0.2) is 4.89 Å². The molecule has 0 fully saturated rings. The molecule has 0 bridgehead atoms. The van der Waals surface area contributed by atoms with E-state index in [-0.39, 0.29) is 6.10 Å². The molecule has 1 N–H and O–H groups in total. The van der Waals surface area contributed by atoms with Crippen LogP contribution in [0, 0.1) is 0 Å². The molecule has 0 spiro atoms. The molecule has 0 aromatic carbocycles. The molecule has 0 radical (unpaired) electrons. The molecule has 0 aromatic rings. The van der Waals surface area contributed by atoms with E-state index in [1.807, 2.05) is 0 Å². The van der Waals surface area contributed by atoms with Crippen molar-refractivity contribution in [3.63, 3.8) is 0 Å². The topological polar surface area (TPSA) is 29.5 Å². The summed E-state index contributed by atoms with van der Waals surface area (Å²) in [5, 5.41) is 10.1. The predicted molar refractivity (Wildman–Crippen MR) is 52.8 cm³/mol. The first-order valence-electron chi connectivity index (χ1n) is 4.56. The minimum atomic E-state index is -1.26. The zero-order chi connectivity index (χ0) is 9.19. The van der Waals surface area contributed by atoms with Gasteiger partial charge in [0.1, 0.15) is 6.10 Å². The van der Waals surface area contributed by atoms with Crippen LogP contribution in [-0.4, -0.2) is 19.4 Å². The van der Waals surface area contributed by atoms with Crippen LogP contribution in [0.2, 0.25) is 19.6 Å². The summed E-state index contributed by atoms with van der Waals surface area (Å²) in [6.07, 6.45) is 5.52. The molecule has 0 aromatic heterocycles. The van der Waals surface area contributed by atoms with E-state index in [1.165, 1.54) is 5.20 Å². The molecule has 1 atom stereocenters. The minimum absolute atomic E-state index is 0.00887. The van der Waals surface area contributed by atoms with E-state index in [0.29, 0.717) is 0 Å². The third-order valence-corrected chi connectivity index (χ3v) is 4.63. The average molecular weight is 186 g/mol. The molecule has 0 saturated carbocycles. The van der Waals surface area contributed by atoms with Gasteiger partial charge in [0.15, 0.2) is 0 Å². The van der Waals surface area contributed by atoms with E-state index >= 15 is 0 Å². The van der Waals surface area contributed by atoms with Crippen LogP contribution in [0.25, 0.3) is 0 Å². The van der Waals surface area contributed by atoms with Crippen molar-refractivity contribution in [2.24, 2.45) is 0 Å². The van der Waals surface area contributed by atoms with E-state index in [1.54, 1.807) is 0 Å². The first-order chi connectivity index (χ1) is 5.55. The lowest BCUT2D eigenvalue weighted by molar-refractivity contribution is -0.269. The van der Waals surface area contributed by atoms with Crippen LogP contribution in [0.4, 0.5) is 0 Å². The second-order valence-electron chi connectivity index (χ2n) is 4.43. The average Bonchev–Trinajstić information content (AvgIpc) is 2.03. The molecule has 1 rings (SSSR count). The Morgan fingerprint density at radius 2 is 2.17 bits per heavy atom. The SMILES string of the molecule is C[Si](C)(C)C1=CCCCC1OO. The zero-order valence-corrected chi connectivity index (χ0v) is 9.13. The number of hydrogen-bond acceptors (Lipinski definition) is 2. The fourth-order valence-corrected chi connectivity index (χ4v) is 3.67. The molecule has 1 aliphatic rings. The van der Waals surface area contributed by atoms with Crippen LogP contribution >= 0.6 is 0 Å². The highest BCUT2D eigenvalue weighted by atomic mass is 28.3. The van der Waals surface area contributed by atoms with Crippen molar-refractivity contribution >= 4 is 8.07 Å². The van der Waals surface area contributed by atoms with Gasteiger partial charge in [0, 0.05) is 0 Å². The first kappa shape index (κ1) is 9.96. The van der Waals surface area contributed by atoms with Gasteiger partial charge in [-0.1, -0.05) is 30.9 Å². The van der Waals surface area contributed by atoms with Crippen molar-refractivity contribution in [1.82, 2.24) is 0 Å². The summed E-state index contributed by atoms with van der Waals surface area (Å²) in [5.41, 5.74) is 0. The molecule has 0 aliphatic heterocycles. The van der Waals surface area contributed by atoms with Crippen molar-refractivity contribution in [3.8, 4) is 0 Å². The standard InChI is InChI=1S/C9H18O2Si/c1-12(2,3)9-7-5-4-6-8(9)11-10/h7-8,10H,4-6H2,1-3H3. The van der Waals surface area contributed by atoms with Crippen LogP contribution in [0.15, 0.2) is 11.3 Å². The molecule has 0 heterocycles. The lowest BCUT2D eigenvalue weighted by Crippen LogP contribution is -2.34. The molecule has 2 nitrogen and oxygen atoms in total. The highest BCUT2D eigenvalue weighted by molar-refractivity contribution is 6.83. The van der Waals surface area contributed by atoms with Crippen LogP contribution in [0.1, 0.15) is 19.3 Å². The van der Waals surface area contributed by atoms with Gasteiger partial charge in [-0.3, -0.25) is 5.26 Å². The molecule has 0 saturated heterocycles. The Kier molecular flexibility index (Phi) is 3.09. The summed E-state index contributed by atoms with van der Waals surface area (Å²) >= 11 is 0. The third kappa shape index (κ3) is 2.18. The molecular weight excluding hydrogens is 168 g/mol. The van der Waals surface area contributed by atoms with Crippen LogP contribution in [-0.2, 0) is 4.89 Å². The monoisotopic (exact) mass is 186 g/mol. The van der Waals surface area contributed by atoms with Gasteiger partial charge in [0.05, 0.1) is 8.07 Å². The molecule has 3 heteroatoms. The predicted octanol–water partition coefficient (Wildman–Crippen LogP) is 2.83. The maximum atomic E-state index is 8.71. The molecule has 1 unspecified atom stereocenters. The lowest BCUT2D eigenvalue weighted by Gasteiger charge is -2.29. The Morgan fingerprint density at radius 1 is 1.50 bits per heavy atom. The van der Waals surface area contributed by atoms with E-state index in [2.05, 4.69) is 30.6 Å². The van der Waals surface area contributed by atoms with Gasteiger partial charge in [-0.2, -0.15) is 0 Å². The fourth-order valence-electron chi connectivity index (χ4n) is 1.75. The summed E-state index contributed by atoms with van der Waals surface area (Å²) in [5.74, 6) is 0. The second-order valence-corrected chi connectivity index (χ2v) is 9.51. The third-order valence-electron chi connectivity index (χ3n) is 2.37. The summed E-state index contributed by atoms with van der Waals surface area (Å²) in [6.45, 7) is 6.86. The van der Waals surface area contributed by atoms with Crippen molar-refractivity contribution < 1.29 is 10.1 Å². The van der Waals surface area contributed by atoms with E-state index in [0.717, 1.165) is 19.3 Å². The van der Waals surface area contributed by atoms with Gasteiger partial charge in [0.2, 0.25) is 0 Å². The zero-order valence-electron chi connectivity index (χ0n) is 8.13. The van der Waals surface area contributed by atoms with Gasteiger partial charge in [-0.05, 0) is 19.3 Å². The molecule has 0 amide bonds. The van der Waals surface area contributed by atoms with Crippen LogP contribution < -0.4 is 0 Å². The van der Waals surface area contributed by atoms with Gasteiger partial charge in [-0.15, -0.1) is 0 Å². The smallest absolute Gasteiger partial charge is 0.110 e. The first-order valence-corrected chi connectivity index (χ1v) is 8.06. The highest BCUT2D eigenvalue weighted by Gasteiger charge is 2.29. The minimum Gasteiger partial charge on any atom is -0.251 e. The Hall–Kier alpha value is -0.123. The van der Waals surface area contributed by atoms with Crippen molar-refractivity contribution in [1.29, 1.82) is 0 Å². The Bertz CT molecular complexity index is 181. The van der Waals surface area contributed by atoms with E-state index in [9.17, 15) is 0 Å². The van der Waals surface area contributed by atoms with Gasteiger partial charge < -0.3 is 0 Å². The number of allylic oxidation sites excluding steroid dienone is 1. The normalized spacial score (nSPS) is 25.3. The quantitative estimate of drug-likeness (QED) is 0.408. The van der Waals surface area contributed by atoms with Crippen LogP contribution in [0.3, 0.4) is 0 Å². The molecule has 70 valence electrons. The maximum absolute atomic E-state index is 8.71. The second kappa shape index (κ2) is 3.73. The fraction of sp³-hybridized carbons (Fsp3) is 0.778. The Balaban J connectivity index is 2.77. The highest BCUT2D eigenvalue weighted by Crippen LogP contribution is 2.28. The largest absolute Gasteiger partial charge is 0.251 e.